The predicted molar refractivity (Wildman–Crippen MR) is 73.0 cm³/mol. The van der Waals surface area contributed by atoms with Crippen LogP contribution in [0.15, 0.2) is 18.2 Å². The van der Waals surface area contributed by atoms with E-state index in [0.717, 1.165) is 23.2 Å². The zero-order valence-corrected chi connectivity index (χ0v) is 11.6. The maximum Gasteiger partial charge on any atom is 0.311 e. The van der Waals surface area contributed by atoms with Crippen LogP contribution in [0.1, 0.15) is 24.5 Å². The second-order valence-electron chi connectivity index (χ2n) is 4.86. The number of methoxy groups -OCH3 is 1. The Morgan fingerprint density at radius 3 is 2.84 bits per heavy atom. The molecule has 1 saturated heterocycles. The van der Waals surface area contributed by atoms with Crippen LogP contribution < -0.4 is 4.90 Å². The molecule has 0 N–H and O–H groups in total. The van der Waals surface area contributed by atoms with Crippen molar-refractivity contribution < 1.29 is 14.3 Å². The van der Waals surface area contributed by atoms with Gasteiger partial charge in [-0.25, -0.2) is 0 Å². The van der Waals surface area contributed by atoms with Gasteiger partial charge in [0.15, 0.2) is 0 Å². The summed E-state index contributed by atoms with van der Waals surface area (Å²) in [5.74, 6) is -0.649. The molecule has 1 aromatic rings. The Hall–Kier alpha value is -1.84. The first-order chi connectivity index (χ1) is 9.08. The molecule has 1 aromatic carbocycles. The molecule has 0 bridgehead atoms. The average Bonchev–Trinajstić information content (AvgIpc) is 2.79. The summed E-state index contributed by atoms with van der Waals surface area (Å²) in [5, 5.41) is 0. The SMILES string of the molecule is CCc1cccc(C)c1N1CC(C(=O)OC)CC1=O. The molecule has 0 aliphatic carbocycles. The second kappa shape index (κ2) is 5.43. The van der Waals surface area contributed by atoms with Gasteiger partial charge in [-0.3, -0.25) is 9.59 Å². The highest BCUT2D eigenvalue weighted by molar-refractivity contribution is 6.00. The Morgan fingerprint density at radius 2 is 2.21 bits per heavy atom. The summed E-state index contributed by atoms with van der Waals surface area (Å²) in [6, 6.07) is 6.02. The molecule has 2 rings (SSSR count). The highest BCUT2D eigenvalue weighted by atomic mass is 16.5. The van der Waals surface area contributed by atoms with Gasteiger partial charge in [0, 0.05) is 18.7 Å². The summed E-state index contributed by atoms with van der Waals surface area (Å²) in [6.07, 6.45) is 1.11. The van der Waals surface area contributed by atoms with Gasteiger partial charge in [0.25, 0.3) is 0 Å². The average molecular weight is 261 g/mol. The van der Waals surface area contributed by atoms with Crippen molar-refractivity contribution in [2.75, 3.05) is 18.6 Å². The highest BCUT2D eigenvalue weighted by Crippen LogP contribution is 2.31. The maximum absolute atomic E-state index is 12.1. The molecule has 1 fully saturated rings. The Bertz CT molecular complexity index is 510. The zero-order valence-electron chi connectivity index (χ0n) is 11.6. The second-order valence-corrected chi connectivity index (χ2v) is 4.86. The largest absolute Gasteiger partial charge is 0.469 e. The Labute approximate surface area is 113 Å². The molecule has 4 nitrogen and oxygen atoms in total. The third-order valence-electron chi connectivity index (χ3n) is 3.63. The number of esters is 1. The number of anilines is 1. The summed E-state index contributed by atoms with van der Waals surface area (Å²) >= 11 is 0. The van der Waals surface area contributed by atoms with Crippen molar-refractivity contribution in [2.24, 2.45) is 5.92 Å². The molecule has 1 amide bonds. The third-order valence-corrected chi connectivity index (χ3v) is 3.63. The molecule has 1 aliphatic rings. The smallest absolute Gasteiger partial charge is 0.311 e. The van der Waals surface area contributed by atoms with Gasteiger partial charge in [0.2, 0.25) is 5.91 Å². The van der Waals surface area contributed by atoms with Crippen LogP contribution in [-0.2, 0) is 20.7 Å². The predicted octanol–water partition coefficient (Wildman–Crippen LogP) is 2.08. The van der Waals surface area contributed by atoms with Crippen LogP contribution in [0, 0.1) is 12.8 Å². The van der Waals surface area contributed by atoms with E-state index in [0.29, 0.717) is 6.54 Å². The number of carbonyl (C=O) groups is 2. The van der Waals surface area contributed by atoms with E-state index in [9.17, 15) is 9.59 Å². The molecular weight excluding hydrogens is 242 g/mol. The van der Waals surface area contributed by atoms with E-state index in [1.807, 2.05) is 25.1 Å². The van der Waals surface area contributed by atoms with Crippen molar-refractivity contribution in [2.45, 2.75) is 26.7 Å². The summed E-state index contributed by atoms with van der Waals surface area (Å²) < 4.78 is 4.74. The molecule has 1 unspecified atom stereocenters. The number of aryl methyl sites for hydroxylation is 2. The molecule has 1 atom stereocenters. The zero-order chi connectivity index (χ0) is 14.0. The third kappa shape index (κ3) is 2.48. The first-order valence-corrected chi connectivity index (χ1v) is 6.55. The van der Waals surface area contributed by atoms with Gasteiger partial charge in [-0.15, -0.1) is 0 Å². The van der Waals surface area contributed by atoms with Crippen LogP contribution in [0.4, 0.5) is 5.69 Å². The lowest BCUT2D eigenvalue weighted by atomic mass is 10.0. The molecule has 0 saturated carbocycles. The van der Waals surface area contributed by atoms with E-state index >= 15 is 0 Å². The van der Waals surface area contributed by atoms with Crippen molar-refractivity contribution in [3.63, 3.8) is 0 Å². The molecule has 0 spiro atoms. The van der Waals surface area contributed by atoms with Crippen LogP contribution in [-0.4, -0.2) is 25.5 Å². The van der Waals surface area contributed by atoms with Gasteiger partial charge in [-0.1, -0.05) is 25.1 Å². The van der Waals surface area contributed by atoms with Gasteiger partial charge in [-0.05, 0) is 24.5 Å². The van der Waals surface area contributed by atoms with Crippen molar-refractivity contribution in [1.82, 2.24) is 0 Å². The Balaban J connectivity index is 2.33. The van der Waals surface area contributed by atoms with E-state index in [-0.39, 0.29) is 24.2 Å². The fourth-order valence-electron chi connectivity index (χ4n) is 2.64. The number of para-hydroxylation sites is 1. The van der Waals surface area contributed by atoms with Gasteiger partial charge >= 0.3 is 5.97 Å². The minimum Gasteiger partial charge on any atom is -0.469 e. The number of rotatable bonds is 3. The fraction of sp³-hybridized carbons (Fsp3) is 0.467. The highest BCUT2D eigenvalue weighted by Gasteiger charge is 2.36. The molecule has 102 valence electrons. The summed E-state index contributed by atoms with van der Waals surface area (Å²) in [6.45, 7) is 4.48. The standard InChI is InChI=1S/C15H19NO3/c1-4-11-7-5-6-10(2)14(11)16-9-12(8-13(16)17)15(18)19-3/h5-7,12H,4,8-9H2,1-3H3. The summed E-state index contributed by atoms with van der Waals surface area (Å²) in [5.41, 5.74) is 3.17. The maximum atomic E-state index is 12.1. The monoisotopic (exact) mass is 261 g/mol. The number of carbonyl (C=O) groups excluding carboxylic acids is 2. The molecule has 4 heteroatoms. The minimum absolute atomic E-state index is 0.000556. The van der Waals surface area contributed by atoms with E-state index in [1.165, 1.54) is 7.11 Å². The number of amides is 1. The molecule has 19 heavy (non-hydrogen) atoms. The van der Waals surface area contributed by atoms with Crippen LogP contribution in [0.5, 0.6) is 0 Å². The number of nitrogens with zero attached hydrogens (tertiary/aromatic N) is 1. The number of ether oxygens (including phenoxy) is 1. The Morgan fingerprint density at radius 1 is 1.47 bits per heavy atom. The molecular formula is C15H19NO3. The van der Waals surface area contributed by atoms with E-state index in [4.69, 9.17) is 4.74 Å². The van der Waals surface area contributed by atoms with E-state index < -0.39 is 0 Å². The molecule has 0 aromatic heterocycles. The van der Waals surface area contributed by atoms with Gasteiger partial charge < -0.3 is 9.64 Å². The minimum atomic E-state index is -0.346. The van der Waals surface area contributed by atoms with Crippen molar-refractivity contribution in [3.8, 4) is 0 Å². The molecule has 0 radical (unpaired) electrons. The van der Waals surface area contributed by atoms with E-state index in [2.05, 4.69) is 6.92 Å². The van der Waals surface area contributed by atoms with Gasteiger partial charge in [0.1, 0.15) is 0 Å². The van der Waals surface area contributed by atoms with Crippen molar-refractivity contribution in [1.29, 1.82) is 0 Å². The van der Waals surface area contributed by atoms with Gasteiger partial charge in [-0.2, -0.15) is 0 Å². The summed E-state index contributed by atoms with van der Waals surface area (Å²) in [7, 11) is 1.36. The Kier molecular flexibility index (Phi) is 3.88. The quantitative estimate of drug-likeness (QED) is 0.783. The number of benzene rings is 1. The normalized spacial score (nSPS) is 18.8. The number of hydrogen-bond donors (Lipinski definition) is 0. The first-order valence-electron chi connectivity index (χ1n) is 6.55. The van der Waals surface area contributed by atoms with Crippen LogP contribution >= 0.6 is 0 Å². The van der Waals surface area contributed by atoms with Crippen molar-refractivity contribution >= 4 is 17.6 Å². The molecule has 1 aliphatic heterocycles. The van der Waals surface area contributed by atoms with Crippen LogP contribution in [0.2, 0.25) is 0 Å². The van der Waals surface area contributed by atoms with Crippen LogP contribution in [0.3, 0.4) is 0 Å². The lowest BCUT2D eigenvalue weighted by molar-refractivity contribution is -0.145. The lowest BCUT2D eigenvalue weighted by Crippen LogP contribution is -2.27. The van der Waals surface area contributed by atoms with Crippen LogP contribution in [0.25, 0.3) is 0 Å². The van der Waals surface area contributed by atoms with Crippen molar-refractivity contribution in [3.05, 3.63) is 29.3 Å². The van der Waals surface area contributed by atoms with Gasteiger partial charge in [0.05, 0.1) is 13.0 Å². The van der Waals surface area contributed by atoms with E-state index in [1.54, 1.807) is 4.90 Å². The number of hydrogen-bond acceptors (Lipinski definition) is 3. The summed E-state index contributed by atoms with van der Waals surface area (Å²) in [4.78, 5) is 25.5. The lowest BCUT2D eigenvalue weighted by Gasteiger charge is -2.22. The molecule has 1 heterocycles. The topological polar surface area (TPSA) is 46.6 Å². The fourth-order valence-corrected chi connectivity index (χ4v) is 2.64. The first kappa shape index (κ1) is 13.6.